The molecule has 0 spiro atoms. The van der Waals surface area contributed by atoms with E-state index in [1.807, 2.05) is 6.07 Å². The Balaban J connectivity index is 1.46. The maximum Gasteiger partial charge on any atom is 0.246 e. The average Bonchev–Trinajstić information content (AvgIpc) is 2.80. The van der Waals surface area contributed by atoms with Gasteiger partial charge in [-0.05, 0) is 69.4 Å². The van der Waals surface area contributed by atoms with Gasteiger partial charge >= 0.3 is 0 Å². The quantitative estimate of drug-likeness (QED) is 0.666. The van der Waals surface area contributed by atoms with Gasteiger partial charge in [-0.3, -0.25) is 9.69 Å². The predicted molar refractivity (Wildman–Crippen MR) is 129 cm³/mol. The highest BCUT2D eigenvalue weighted by molar-refractivity contribution is 5.87. The number of anilines is 3. The molecule has 0 aliphatic carbocycles. The maximum absolute atomic E-state index is 14.4. The van der Waals surface area contributed by atoms with Crippen LogP contribution in [-0.4, -0.2) is 56.9 Å². The summed E-state index contributed by atoms with van der Waals surface area (Å²) in [6.45, 7) is 13.4. The van der Waals surface area contributed by atoms with Gasteiger partial charge in [-0.1, -0.05) is 12.6 Å². The molecule has 2 N–H and O–H groups in total. The number of nitrogens with zero attached hydrogens (tertiary/aromatic N) is 4. The zero-order chi connectivity index (χ0) is 23.6. The monoisotopic (exact) mass is 452 g/mol. The summed E-state index contributed by atoms with van der Waals surface area (Å²) < 4.78 is 14.4. The van der Waals surface area contributed by atoms with E-state index in [9.17, 15) is 9.18 Å². The molecule has 1 saturated heterocycles. The van der Waals surface area contributed by atoms with Crippen molar-refractivity contribution in [2.45, 2.75) is 58.2 Å². The first-order valence-electron chi connectivity index (χ1n) is 11.6. The summed E-state index contributed by atoms with van der Waals surface area (Å²) in [5.41, 5.74) is 3.64. The maximum atomic E-state index is 14.4. The number of carbonyl (C=O) groups is 1. The molecule has 1 unspecified atom stereocenters. The van der Waals surface area contributed by atoms with Crippen LogP contribution in [0.5, 0.6) is 0 Å². The minimum Gasteiger partial charge on any atom is -0.363 e. The fraction of sp³-hybridized carbons (Fsp3) is 0.480. The highest BCUT2D eigenvalue weighted by Gasteiger charge is 2.26. The van der Waals surface area contributed by atoms with Gasteiger partial charge in [0.05, 0.1) is 6.20 Å². The molecule has 8 heteroatoms. The molecule has 1 aromatic heterocycles. The predicted octanol–water partition coefficient (Wildman–Crippen LogP) is 4.10. The number of carbonyl (C=O) groups excluding carboxylic acids is 1. The summed E-state index contributed by atoms with van der Waals surface area (Å²) in [5, 5.41) is 6.38. The molecule has 1 aromatic carbocycles. The molecule has 2 aliphatic heterocycles. The molecule has 1 fully saturated rings. The van der Waals surface area contributed by atoms with Crippen LogP contribution in [0.4, 0.5) is 21.8 Å². The normalized spacial score (nSPS) is 19.0. The third kappa shape index (κ3) is 5.50. The summed E-state index contributed by atoms with van der Waals surface area (Å²) in [5.74, 6) is -0.150. The number of piperidine rings is 1. The zero-order valence-corrected chi connectivity index (χ0v) is 19.7. The topological polar surface area (TPSA) is 73.4 Å². The molecule has 7 nitrogen and oxygen atoms in total. The van der Waals surface area contributed by atoms with Gasteiger partial charge in [0, 0.05) is 43.4 Å². The lowest BCUT2D eigenvalue weighted by atomic mass is 9.95. The number of fused-ring (bicyclic) bond motifs is 1. The SMILES string of the molecule is C=CC(=O)N1CCCC(Nc2nc(Nc3ccc4c(c3)CN(C(C)(C)C)CC4)ncc2F)C1. The number of hydrogen-bond donors (Lipinski definition) is 2. The number of amides is 1. The Hall–Kier alpha value is -3.00. The van der Waals surface area contributed by atoms with Gasteiger partial charge < -0.3 is 15.5 Å². The second-order valence-corrected chi connectivity index (χ2v) is 9.81. The number of halogens is 1. The molecule has 1 amide bonds. The van der Waals surface area contributed by atoms with E-state index in [-0.39, 0.29) is 23.3 Å². The molecular formula is C25H33FN6O. The summed E-state index contributed by atoms with van der Waals surface area (Å²) in [6, 6.07) is 6.22. The molecule has 2 aromatic rings. The molecule has 1 atom stereocenters. The van der Waals surface area contributed by atoms with Crippen LogP contribution in [0.15, 0.2) is 37.1 Å². The van der Waals surface area contributed by atoms with Gasteiger partial charge in [0.25, 0.3) is 0 Å². The molecule has 0 bridgehead atoms. The lowest BCUT2D eigenvalue weighted by molar-refractivity contribution is -0.127. The fourth-order valence-corrected chi connectivity index (χ4v) is 4.48. The van der Waals surface area contributed by atoms with Crippen molar-refractivity contribution >= 4 is 23.4 Å². The second kappa shape index (κ2) is 9.47. The molecule has 33 heavy (non-hydrogen) atoms. The van der Waals surface area contributed by atoms with E-state index in [1.54, 1.807) is 4.90 Å². The van der Waals surface area contributed by atoms with Crippen molar-refractivity contribution in [2.75, 3.05) is 30.3 Å². The van der Waals surface area contributed by atoms with Crippen LogP contribution >= 0.6 is 0 Å². The van der Waals surface area contributed by atoms with Crippen LogP contribution in [0, 0.1) is 5.82 Å². The van der Waals surface area contributed by atoms with Crippen molar-refractivity contribution in [2.24, 2.45) is 0 Å². The van der Waals surface area contributed by atoms with Crippen LogP contribution < -0.4 is 10.6 Å². The minimum absolute atomic E-state index is 0.0768. The van der Waals surface area contributed by atoms with Gasteiger partial charge in [0.2, 0.25) is 11.9 Å². The smallest absolute Gasteiger partial charge is 0.246 e. The Kier molecular flexibility index (Phi) is 6.65. The van der Waals surface area contributed by atoms with Crippen LogP contribution in [0.1, 0.15) is 44.7 Å². The van der Waals surface area contributed by atoms with E-state index in [4.69, 9.17) is 0 Å². The van der Waals surface area contributed by atoms with E-state index in [2.05, 4.69) is 65.0 Å². The van der Waals surface area contributed by atoms with Crippen molar-refractivity contribution in [3.05, 3.63) is 54.0 Å². The Bertz CT molecular complexity index is 1030. The number of aromatic nitrogens is 2. The van der Waals surface area contributed by atoms with Crippen molar-refractivity contribution in [3.63, 3.8) is 0 Å². The Labute approximate surface area is 195 Å². The minimum atomic E-state index is -0.515. The highest BCUT2D eigenvalue weighted by atomic mass is 19.1. The lowest BCUT2D eigenvalue weighted by Crippen LogP contribution is -2.44. The van der Waals surface area contributed by atoms with Crippen molar-refractivity contribution < 1.29 is 9.18 Å². The van der Waals surface area contributed by atoms with E-state index in [0.29, 0.717) is 19.0 Å². The Morgan fingerprint density at radius 2 is 2.09 bits per heavy atom. The Morgan fingerprint density at radius 1 is 1.27 bits per heavy atom. The van der Waals surface area contributed by atoms with Gasteiger partial charge in [-0.25, -0.2) is 9.37 Å². The standard InChI is InChI=1S/C25H33FN6O/c1-5-22(33)31-11-6-7-20(16-31)28-23-21(26)14-27-24(30-23)29-19-9-8-17-10-12-32(25(2,3)4)15-18(17)13-19/h5,8-9,13-14,20H,1,6-7,10-12,15-16H2,2-4H3,(H2,27,28,29,30). The molecule has 176 valence electrons. The molecule has 2 aliphatic rings. The first-order valence-corrected chi connectivity index (χ1v) is 11.6. The van der Waals surface area contributed by atoms with Gasteiger partial charge in [0.15, 0.2) is 11.6 Å². The van der Waals surface area contributed by atoms with Gasteiger partial charge in [-0.2, -0.15) is 4.98 Å². The first kappa shape index (κ1) is 23.2. The van der Waals surface area contributed by atoms with Crippen molar-refractivity contribution in [3.8, 4) is 0 Å². The second-order valence-electron chi connectivity index (χ2n) is 9.81. The average molecular weight is 453 g/mol. The van der Waals surface area contributed by atoms with E-state index in [0.717, 1.165) is 38.0 Å². The number of hydrogen-bond acceptors (Lipinski definition) is 6. The van der Waals surface area contributed by atoms with E-state index < -0.39 is 5.82 Å². The number of rotatable bonds is 5. The van der Waals surface area contributed by atoms with Crippen LogP contribution in [0.2, 0.25) is 0 Å². The largest absolute Gasteiger partial charge is 0.363 e. The third-order valence-electron chi connectivity index (χ3n) is 6.42. The molecule has 0 radical (unpaired) electrons. The fourth-order valence-electron chi connectivity index (χ4n) is 4.48. The summed E-state index contributed by atoms with van der Waals surface area (Å²) in [4.78, 5) is 24.6. The van der Waals surface area contributed by atoms with E-state index in [1.165, 1.54) is 23.4 Å². The Morgan fingerprint density at radius 3 is 2.85 bits per heavy atom. The molecule has 0 saturated carbocycles. The number of likely N-dealkylation sites (tertiary alicyclic amines) is 1. The summed E-state index contributed by atoms with van der Waals surface area (Å²) >= 11 is 0. The van der Waals surface area contributed by atoms with E-state index >= 15 is 0 Å². The summed E-state index contributed by atoms with van der Waals surface area (Å²) in [6.07, 6.45) is 5.20. The zero-order valence-electron chi connectivity index (χ0n) is 19.7. The number of nitrogens with one attached hydrogen (secondary N) is 2. The van der Waals surface area contributed by atoms with Gasteiger partial charge in [-0.15, -0.1) is 0 Å². The third-order valence-corrected chi connectivity index (χ3v) is 6.42. The molecule has 4 rings (SSSR count). The lowest BCUT2D eigenvalue weighted by Gasteiger charge is -2.39. The van der Waals surface area contributed by atoms with Crippen LogP contribution in [0.3, 0.4) is 0 Å². The first-order chi connectivity index (χ1) is 15.7. The molecular weight excluding hydrogens is 419 g/mol. The van der Waals surface area contributed by atoms with Gasteiger partial charge in [0.1, 0.15) is 0 Å². The van der Waals surface area contributed by atoms with Crippen LogP contribution in [-0.2, 0) is 17.8 Å². The number of benzene rings is 1. The van der Waals surface area contributed by atoms with Crippen LogP contribution in [0.25, 0.3) is 0 Å². The highest BCUT2D eigenvalue weighted by Crippen LogP contribution is 2.28. The molecule has 3 heterocycles. The summed E-state index contributed by atoms with van der Waals surface area (Å²) in [7, 11) is 0. The van der Waals surface area contributed by atoms with Crippen molar-refractivity contribution in [1.82, 2.24) is 19.8 Å². The van der Waals surface area contributed by atoms with Crippen molar-refractivity contribution in [1.29, 1.82) is 0 Å².